The van der Waals surface area contributed by atoms with Crippen LogP contribution in [0.15, 0.2) is 36.4 Å². The summed E-state index contributed by atoms with van der Waals surface area (Å²) in [4.78, 5) is 12.5. The minimum atomic E-state index is -0.792. The lowest BCUT2D eigenvalue weighted by Gasteiger charge is -2.31. The van der Waals surface area contributed by atoms with E-state index in [1.807, 2.05) is 12.1 Å². The van der Waals surface area contributed by atoms with Crippen molar-refractivity contribution in [2.75, 3.05) is 11.1 Å². The predicted octanol–water partition coefficient (Wildman–Crippen LogP) is 3.74. The molecule has 2 aromatic carbocycles. The average Bonchev–Trinajstić information content (AvgIpc) is 2.51. The Kier molecular flexibility index (Phi) is 4.24. The number of fused-ring (bicyclic) bond motifs is 1. The number of nitrogens with one attached hydrogen (secondary N) is 1. The van der Waals surface area contributed by atoms with Crippen LogP contribution in [0, 0.1) is 0 Å². The number of carbonyl (C=O) groups is 1. The Labute approximate surface area is 143 Å². The summed E-state index contributed by atoms with van der Waals surface area (Å²) in [5, 5.41) is 3.25. The molecule has 0 spiro atoms. The van der Waals surface area contributed by atoms with Crippen LogP contribution in [-0.2, 0) is 4.79 Å². The first-order valence-electron chi connectivity index (χ1n) is 6.93. The molecule has 1 heterocycles. The van der Waals surface area contributed by atoms with Crippen LogP contribution in [0.1, 0.15) is 6.92 Å². The number of hydrogen-bond donors (Lipinski definition) is 2. The number of anilines is 2. The maximum absolute atomic E-state index is 12.5. The normalized spacial score (nSPS) is 19.3. The van der Waals surface area contributed by atoms with E-state index in [2.05, 4.69) is 5.32 Å². The van der Waals surface area contributed by atoms with Gasteiger partial charge in [-0.25, -0.2) is 0 Å². The SMILES string of the molecule is CC1Oc2ccccc2OC1C(=O)Nc1cc(Cl)c(N)c(Cl)c1. The van der Waals surface area contributed by atoms with Gasteiger partial charge in [0.2, 0.25) is 6.10 Å². The monoisotopic (exact) mass is 352 g/mol. The van der Waals surface area contributed by atoms with Gasteiger partial charge in [0.15, 0.2) is 11.5 Å². The lowest BCUT2D eigenvalue weighted by atomic mass is 10.1. The third-order valence-corrected chi connectivity index (χ3v) is 4.07. The van der Waals surface area contributed by atoms with Crippen molar-refractivity contribution >= 4 is 40.5 Å². The maximum Gasteiger partial charge on any atom is 0.269 e. The summed E-state index contributed by atoms with van der Waals surface area (Å²) in [5.74, 6) is 0.783. The van der Waals surface area contributed by atoms with Crippen molar-refractivity contribution < 1.29 is 14.3 Å². The Hall–Kier alpha value is -2.11. The fourth-order valence-electron chi connectivity index (χ4n) is 2.28. The molecule has 2 atom stereocenters. The number of nitrogens with two attached hydrogens (primary N) is 1. The maximum atomic E-state index is 12.5. The Morgan fingerprint density at radius 2 is 1.70 bits per heavy atom. The zero-order valence-electron chi connectivity index (χ0n) is 12.2. The molecule has 23 heavy (non-hydrogen) atoms. The summed E-state index contributed by atoms with van der Waals surface area (Å²) < 4.78 is 11.4. The van der Waals surface area contributed by atoms with Crippen LogP contribution in [0.5, 0.6) is 11.5 Å². The second kappa shape index (κ2) is 6.18. The van der Waals surface area contributed by atoms with E-state index in [4.69, 9.17) is 38.4 Å². The molecule has 3 N–H and O–H groups in total. The van der Waals surface area contributed by atoms with Crippen molar-refractivity contribution in [1.29, 1.82) is 0 Å². The molecule has 0 bridgehead atoms. The number of para-hydroxylation sites is 2. The minimum absolute atomic E-state index is 0.269. The number of amides is 1. The Bertz CT molecular complexity index is 744. The first-order chi connectivity index (χ1) is 11.0. The van der Waals surface area contributed by atoms with Crippen LogP contribution in [0.2, 0.25) is 10.0 Å². The zero-order valence-corrected chi connectivity index (χ0v) is 13.7. The van der Waals surface area contributed by atoms with E-state index in [-0.39, 0.29) is 21.6 Å². The van der Waals surface area contributed by atoms with Crippen LogP contribution in [-0.4, -0.2) is 18.1 Å². The van der Waals surface area contributed by atoms with Crippen LogP contribution >= 0.6 is 23.2 Å². The van der Waals surface area contributed by atoms with Crippen molar-refractivity contribution in [3.05, 3.63) is 46.4 Å². The van der Waals surface area contributed by atoms with Crippen molar-refractivity contribution in [3.8, 4) is 11.5 Å². The van der Waals surface area contributed by atoms with Gasteiger partial charge in [0, 0.05) is 5.69 Å². The molecule has 2 aromatic rings. The van der Waals surface area contributed by atoms with E-state index in [0.29, 0.717) is 17.2 Å². The van der Waals surface area contributed by atoms with E-state index in [1.54, 1.807) is 19.1 Å². The van der Waals surface area contributed by atoms with E-state index < -0.39 is 12.2 Å². The highest BCUT2D eigenvalue weighted by Gasteiger charge is 2.34. The van der Waals surface area contributed by atoms with E-state index >= 15 is 0 Å². The summed E-state index contributed by atoms with van der Waals surface area (Å²) in [6.45, 7) is 1.77. The van der Waals surface area contributed by atoms with E-state index in [1.165, 1.54) is 12.1 Å². The number of nitrogen functional groups attached to an aromatic ring is 1. The van der Waals surface area contributed by atoms with E-state index in [9.17, 15) is 4.79 Å². The number of halogens is 2. The van der Waals surface area contributed by atoms with Gasteiger partial charge in [-0.05, 0) is 31.2 Å². The molecule has 1 aliphatic rings. The molecule has 2 unspecified atom stereocenters. The second-order valence-electron chi connectivity index (χ2n) is 5.15. The van der Waals surface area contributed by atoms with Crippen LogP contribution in [0.3, 0.4) is 0 Å². The standard InChI is InChI=1S/C16H14Cl2N2O3/c1-8-15(23-13-5-3-2-4-12(13)22-8)16(21)20-9-6-10(17)14(19)11(18)7-9/h2-8,15H,19H2,1H3,(H,20,21). The smallest absolute Gasteiger partial charge is 0.269 e. The van der Waals surface area contributed by atoms with Gasteiger partial charge in [-0.3, -0.25) is 4.79 Å². The topological polar surface area (TPSA) is 73.6 Å². The summed E-state index contributed by atoms with van der Waals surface area (Å²) in [6.07, 6.45) is -1.23. The molecule has 0 aromatic heterocycles. The first kappa shape index (κ1) is 15.8. The largest absolute Gasteiger partial charge is 0.482 e. The van der Waals surface area contributed by atoms with Crippen molar-refractivity contribution in [1.82, 2.24) is 0 Å². The van der Waals surface area contributed by atoms with Gasteiger partial charge < -0.3 is 20.5 Å². The lowest BCUT2D eigenvalue weighted by molar-refractivity contribution is -0.128. The van der Waals surface area contributed by atoms with Gasteiger partial charge >= 0.3 is 0 Å². The molecule has 7 heteroatoms. The van der Waals surface area contributed by atoms with Crippen LogP contribution in [0.25, 0.3) is 0 Å². The molecule has 1 amide bonds. The van der Waals surface area contributed by atoms with Crippen molar-refractivity contribution in [3.63, 3.8) is 0 Å². The van der Waals surface area contributed by atoms with E-state index in [0.717, 1.165) is 0 Å². The molecule has 0 radical (unpaired) electrons. The summed E-state index contributed by atoms with van der Waals surface area (Å²) in [7, 11) is 0. The minimum Gasteiger partial charge on any atom is -0.482 e. The molecule has 0 fully saturated rings. The van der Waals surface area contributed by atoms with Gasteiger partial charge in [0.25, 0.3) is 5.91 Å². The summed E-state index contributed by atoms with van der Waals surface area (Å²) in [5.41, 5.74) is 6.39. The molecule has 1 aliphatic heterocycles. The van der Waals surface area contributed by atoms with Crippen molar-refractivity contribution in [2.45, 2.75) is 19.1 Å². The zero-order chi connectivity index (χ0) is 16.6. The second-order valence-corrected chi connectivity index (χ2v) is 5.97. The molecule has 5 nitrogen and oxygen atoms in total. The highest BCUT2D eigenvalue weighted by atomic mass is 35.5. The molecular formula is C16H14Cl2N2O3. The highest BCUT2D eigenvalue weighted by Crippen LogP contribution is 2.34. The van der Waals surface area contributed by atoms with Gasteiger partial charge in [0.1, 0.15) is 6.10 Å². The predicted molar refractivity (Wildman–Crippen MR) is 90.5 cm³/mol. The molecule has 3 rings (SSSR count). The first-order valence-corrected chi connectivity index (χ1v) is 7.69. The Morgan fingerprint density at radius 1 is 1.13 bits per heavy atom. The van der Waals surface area contributed by atoms with Gasteiger partial charge in [-0.15, -0.1) is 0 Å². The number of benzene rings is 2. The Morgan fingerprint density at radius 3 is 2.30 bits per heavy atom. The summed E-state index contributed by atoms with van der Waals surface area (Å²) in [6, 6.07) is 10.3. The number of carbonyl (C=O) groups excluding carboxylic acids is 1. The molecule has 120 valence electrons. The quantitative estimate of drug-likeness (QED) is 0.807. The fraction of sp³-hybridized carbons (Fsp3) is 0.188. The lowest BCUT2D eigenvalue weighted by Crippen LogP contribution is -2.46. The van der Waals surface area contributed by atoms with Gasteiger partial charge in [-0.1, -0.05) is 35.3 Å². The molecule has 0 saturated heterocycles. The Balaban J connectivity index is 1.79. The highest BCUT2D eigenvalue weighted by molar-refractivity contribution is 6.39. The molecular weight excluding hydrogens is 339 g/mol. The van der Waals surface area contributed by atoms with Crippen LogP contribution in [0.4, 0.5) is 11.4 Å². The third kappa shape index (κ3) is 3.16. The molecule has 0 aliphatic carbocycles. The molecule has 0 saturated carbocycles. The third-order valence-electron chi connectivity index (χ3n) is 3.45. The van der Waals surface area contributed by atoms with Crippen molar-refractivity contribution in [2.24, 2.45) is 0 Å². The summed E-state index contributed by atoms with van der Waals surface area (Å²) >= 11 is 11.9. The average molecular weight is 353 g/mol. The van der Waals surface area contributed by atoms with Gasteiger partial charge in [0.05, 0.1) is 15.7 Å². The van der Waals surface area contributed by atoms with Crippen LogP contribution < -0.4 is 20.5 Å². The van der Waals surface area contributed by atoms with Gasteiger partial charge in [-0.2, -0.15) is 0 Å². The fourth-order valence-corrected chi connectivity index (χ4v) is 2.76. The number of rotatable bonds is 2. The number of hydrogen-bond acceptors (Lipinski definition) is 4. The number of ether oxygens (including phenoxy) is 2.